The van der Waals surface area contributed by atoms with Gasteiger partial charge in [0.2, 0.25) is 0 Å². The molecule has 126 valence electrons. The number of rotatable bonds is 4. The van der Waals surface area contributed by atoms with Crippen molar-refractivity contribution >= 4 is 17.3 Å². The Bertz CT molecular complexity index is 715. The highest BCUT2D eigenvalue weighted by Crippen LogP contribution is 2.18. The molecule has 4 nitrogen and oxygen atoms in total. The van der Waals surface area contributed by atoms with Gasteiger partial charge >= 0.3 is 0 Å². The van der Waals surface area contributed by atoms with Crippen LogP contribution in [-0.4, -0.2) is 38.6 Å². The average molecular weight is 332 g/mol. The Morgan fingerprint density at radius 1 is 1.00 bits per heavy atom. The summed E-state index contributed by atoms with van der Waals surface area (Å²) in [5.41, 5.74) is 0.805. The number of nitrogens with zero attached hydrogens (tertiary/aromatic N) is 1. The number of quaternary nitrogens is 1. The van der Waals surface area contributed by atoms with Gasteiger partial charge in [0.15, 0.2) is 6.54 Å². The van der Waals surface area contributed by atoms with E-state index in [1.54, 1.807) is 30.3 Å². The molecule has 1 heterocycles. The van der Waals surface area contributed by atoms with E-state index in [2.05, 4.69) is 5.32 Å². The third-order valence-corrected chi connectivity index (χ3v) is 4.22. The zero-order chi connectivity index (χ0) is 16.9. The second-order valence-electron chi connectivity index (χ2n) is 5.89. The largest absolute Gasteiger partial charge is 0.358 e. The van der Waals surface area contributed by atoms with Crippen LogP contribution in [0.2, 0.25) is 0 Å². The first-order valence-corrected chi connectivity index (χ1v) is 8.01. The van der Waals surface area contributed by atoms with Gasteiger partial charge in [0, 0.05) is 0 Å². The molecule has 0 aromatic heterocycles. The van der Waals surface area contributed by atoms with E-state index >= 15 is 0 Å². The number of nitrogens with one attached hydrogen (secondary N) is 2. The number of carbonyl (C=O) groups is 1. The van der Waals surface area contributed by atoms with Gasteiger partial charge in [-0.05, 0) is 24.3 Å². The maximum absolute atomic E-state index is 13.8. The van der Waals surface area contributed by atoms with Gasteiger partial charge in [-0.1, -0.05) is 24.3 Å². The minimum Gasteiger partial charge on any atom is -0.358 e. The molecule has 1 fully saturated rings. The zero-order valence-corrected chi connectivity index (χ0v) is 13.3. The van der Waals surface area contributed by atoms with E-state index in [0.29, 0.717) is 18.8 Å². The zero-order valence-electron chi connectivity index (χ0n) is 13.3. The highest BCUT2D eigenvalue weighted by atomic mass is 19.1. The van der Waals surface area contributed by atoms with Crippen molar-refractivity contribution in [3.8, 4) is 0 Å². The molecule has 3 rings (SSSR count). The molecule has 6 heteroatoms. The lowest BCUT2D eigenvalue weighted by Gasteiger charge is -2.33. The minimum atomic E-state index is -0.440. The number of hydrogen-bond donors (Lipinski definition) is 2. The van der Waals surface area contributed by atoms with Crippen LogP contribution in [0.15, 0.2) is 48.5 Å². The van der Waals surface area contributed by atoms with Crippen molar-refractivity contribution < 1.29 is 18.5 Å². The molecule has 2 aromatic carbocycles. The summed E-state index contributed by atoms with van der Waals surface area (Å²) in [5.74, 6) is -0.877. The van der Waals surface area contributed by atoms with Gasteiger partial charge in [0.25, 0.3) is 5.91 Å². The van der Waals surface area contributed by atoms with Gasteiger partial charge in [-0.2, -0.15) is 0 Å². The van der Waals surface area contributed by atoms with Crippen LogP contribution in [0.1, 0.15) is 0 Å². The summed E-state index contributed by atoms with van der Waals surface area (Å²) in [7, 11) is 0. The number of hydrogen-bond acceptors (Lipinski definition) is 2. The third-order valence-electron chi connectivity index (χ3n) is 4.22. The van der Waals surface area contributed by atoms with Crippen LogP contribution >= 0.6 is 0 Å². The number of amides is 1. The van der Waals surface area contributed by atoms with Crippen molar-refractivity contribution in [2.75, 3.05) is 42.9 Å². The van der Waals surface area contributed by atoms with Gasteiger partial charge in [0.1, 0.15) is 11.6 Å². The molecule has 0 unspecified atom stereocenters. The van der Waals surface area contributed by atoms with E-state index in [-0.39, 0.29) is 24.0 Å². The van der Waals surface area contributed by atoms with Crippen LogP contribution in [0.25, 0.3) is 0 Å². The molecule has 1 amide bonds. The highest BCUT2D eigenvalue weighted by molar-refractivity contribution is 5.91. The molecule has 1 aliphatic heterocycles. The number of para-hydroxylation sites is 2. The van der Waals surface area contributed by atoms with Gasteiger partial charge < -0.3 is 15.1 Å². The summed E-state index contributed by atoms with van der Waals surface area (Å²) in [6, 6.07) is 12.8. The molecule has 1 saturated heterocycles. The molecule has 24 heavy (non-hydrogen) atoms. The van der Waals surface area contributed by atoms with Crippen molar-refractivity contribution in [2.45, 2.75) is 0 Å². The average Bonchev–Trinajstić information content (AvgIpc) is 2.58. The second-order valence-corrected chi connectivity index (χ2v) is 5.89. The van der Waals surface area contributed by atoms with Crippen LogP contribution in [0.4, 0.5) is 20.2 Å². The van der Waals surface area contributed by atoms with Gasteiger partial charge in [-0.25, -0.2) is 8.78 Å². The number of halogens is 2. The fraction of sp³-hybridized carbons (Fsp3) is 0.278. The first-order valence-electron chi connectivity index (χ1n) is 8.01. The van der Waals surface area contributed by atoms with E-state index in [1.165, 1.54) is 12.1 Å². The molecule has 0 aliphatic carbocycles. The Kier molecular flexibility index (Phi) is 5.05. The SMILES string of the molecule is O=C(C[NH+]1CCN(c2ccccc2F)CC1)Nc1ccccc1F. The number of benzene rings is 2. The summed E-state index contributed by atoms with van der Waals surface area (Å²) < 4.78 is 27.4. The molecule has 1 aliphatic rings. The molecule has 0 atom stereocenters. The van der Waals surface area contributed by atoms with Crippen LogP contribution in [0.3, 0.4) is 0 Å². The van der Waals surface area contributed by atoms with Crippen molar-refractivity contribution in [1.82, 2.24) is 0 Å². The van der Waals surface area contributed by atoms with Crippen molar-refractivity contribution in [3.63, 3.8) is 0 Å². The maximum Gasteiger partial charge on any atom is 0.279 e. The summed E-state index contributed by atoms with van der Waals surface area (Å²) in [4.78, 5) is 15.2. The fourth-order valence-electron chi connectivity index (χ4n) is 2.93. The van der Waals surface area contributed by atoms with E-state index in [1.807, 2.05) is 11.0 Å². The van der Waals surface area contributed by atoms with Crippen molar-refractivity contribution in [1.29, 1.82) is 0 Å². The van der Waals surface area contributed by atoms with Crippen LogP contribution in [0, 0.1) is 11.6 Å². The summed E-state index contributed by atoms with van der Waals surface area (Å²) in [6.45, 7) is 3.12. The molecule has 0 saturated carbocycles. The lowest BCUT2D eigenvalue weighted by Crippen LogP contribution is -3.15. The summed E-state index contributed by atoms with van der Waals surface area (Å²) in [5, 5.41) is 2.60. The fourth-order valence-corrected chi connectivity index (χ4v) is 2.93. The summed E-state index contributed by atoms with van der Waals surface area (Å²) in [6.07, 6.45) is 0. The third kappa shape index (κ3) is 3.89. The molecule has 2 aromatic rings. The minimum absolute atomic E-state index is 0.201. The van der Waals surface area contributed by atoms with E-state index in [4.69, 9.17) is 0 Å². The topological polar surface area (TPSA) is 36.8 Å². The molecule has 0 radical (unpaired) electrons. The monoisotopic (exact) mass is 332 g/mol. The Morgan fingerprint density at radius 2 is 1.62 bits per heavy atom. The lowest BCUT2D eigenvalue weighted by atomic mass is 10.2. The normalized spacial score (nSPS) is 15.3. The quantitative estimate of drug-likeness (QED) is 0.886. The molecule has 0 bridgehead atoms. The van der Waals surface area contributed by atoms with Crippen LogP contribution < -0.4 is 15.1 Å². The first kappa shape index (κ1) is 16.4. The van der Waals surface area contributed by atoms with Crippen LogP contribution in [-0.2, 0) is 4.79 Å². The molecule has 2 N–H and O–H groups in total. The van der Waals surface area contributed by atoms with Gasteiger partial charge in [-0.3, -0.25) is 4.79 Å². The highest BCUT2D eigenvalue weighted by Gasteiger charge is 2.23. The van der Waals surface area contributed by atoms with Gasteiger partial charge in [0.05, 0.1) is 37.6 Å². The standard InChI is InChI=1S/C18H19F2N3O/c19-14-5-1-3-7-16(14)21-18(24)13-22-9-11-23(12-10-22)17-8-4-2-6-15(17)20/h1-8H,9-13H2,(H,21,24)/p+1. The molecular formula is C18H20F2N3O+. The van der Waals surface area contributed by atoms with Gasteiger partial charge in [-0.15, -0.1) is 0 Å². The number of piperazine rings is 1. The number of anilines is 2. The van der Waals surface area contributed by atoms with E-state index in [9.17, 15) is 13.6 Å². The predicted octanol–water partition coefficient (Wildman–Crippen LogP) is 1.31. The first-order chi connectivity index (χ1) is 11.6. The Balaban J connectivity index is 1.51. The lowest BCUT2D eigenvalue weighted by molar-refractivity contribution is -0.892. The summed E-state index contributed by atoms with van der Waals surface area (Å²) >= 11 is 0. The molecule has 0 spiro atoms. The Hall–Kier alpha value is -2.47. The number of carbonyl (C=O) groups excluding carboxylic acids is 1. The maximum atomic E-state index is 13.8. The Labute approximate surface area is 139 Å². The predicted molar refractivity (Wildman–Crippen MR) is 89.2 cm³/mol. The van der Waals surface area contributed by atoms with Crippen molar-refractivity contribution in [3.05, 3.63) is 60.2 Å². The van der Waals surface area contributed by atoms with E-state index in [0.717, 1.165) is 18.0 Å². The van der Waals surface area contributed by atoms with Crippen LogP contribution in [0.5, 0.6) is 0 Å². The Morgan fingerprint density at radius 3 is 2.29 bits per heavy atom. The molecular weight excluding hydrogens is 312 g/mol. The van der Waals surface area contributed by atoms with Crippen molar-refractivity contribution in [2.24, 2.45) is 0 Å². The smallest absolute Gasteiger partial charge is 0.279 e. The second kappa shape index (κ2) is 7.40. The van der Waals surface area contributed by atoms with E-state index < -0.39 is 5.82 Å².